The maximum atomic E-state index is 4.28. The van der Waals surface area contributed by atoms with Crippen LogP contribution in [0.25, 0.3) is 0 Å². The molecule has 2 rings (SSSR count). The average Bonchev–Trinajstić information content (AvgIpc) is 2.49. The maximum absolute atomic E-state index is 4.28. The zero-order valence-corrected chi connectivity index (χ0v) is 14.1. The van der Waals surface area contributed by atoms with Crippen LogP contribution in [0.15, 0.2) is 35.1 Å². The van der Waals surface area contributed by atoms with E-state index in [2.05, 4.69) is 60.5 Å². The minimum Gasteiger partial charge on any atom is -0.378 e. The van der Waals surface area contributed by atoms with E-state index in [-0.39, 0.29) is 0 Å². The maximum Gasteiger partial charge on any atom is 0.150 e. The van der Waals surface area contributed by atoms with Gasteiger partial charge >= 0.3 is 0 Å². The minimum absolute atomic E-state index is 0.751. The van der Waals surface area contributed by atoms with Crippen molar-refractivity contribution in [3.8, 4) is 0 Å². The van der Waals surface area contributed by atoms with Crippen LogP contribution in [0.3, 0.4) is 0 Å². The number of hydrogen-bond acceptors (Lipinski definition) is 5. The summed E-state index contributed by atoms with van der Waals surface area (Å²) in [6.07, 6.45) is 2.60. The Morgan fingerprint density at radius 2 is 1.76 bits per heavy atom. The summed E-state index contributed by atoms with van der Waals surface area (Å²) >= 11 is 3.55. The van der Waals surface area contributed by atoms with Gasteiger partial charge in [-0.25, -0.2) is 9.97 Å². The third-order valence-corrected chi connectivity index (χ3v) is 3.73. The van der Waals surface area contributed by atoms with E-state index in [0.717, 1.165) is 40.4 Å². The summed E-state index contributed by atoms with van der Waals surface area (Å²) in [5, 5.41) is 6.57. The number of anilines is 4. The average molecular weight is 350 g/mol. The summed E-state index contributed by atoms with van der Waals surface area (Å²) in [6, 6.07) is 8.19. The van der Waals surface area contributed by atoms with Crippen LogP contribution in [0.1, 0.15) is 13.3 Å². The van der Waals surface area contributed by atoms with E-state index < -0.39 is 0 Å². The largest absolute Gasteiger partial charge is 0.378 e. The first-order chi connectivity index (χ1) is 10.1. The molecule has 112 valence electrons. The van der Waals surface area contributed by atoms with E-state index in [1.54, 1.807) is 6.33 Å². The quantitative estimate of drug-likeness (QED) is 0.828. The van der Waals surface area contributed by atoms with Crippen molar-refractivity contribution in [2.75, 3.05) is 36.2 Å². The zero-order valence-electron chi connectivity index (χ0n) is 12.5. The monoisotopic (exact) mass is 349 g/mol. The first-order valence-electron chi connectivity index (χ1n) is 6.90. The Morgan fingerprint density at radius 3 is 2.38 bits per heavy atom. The molecule has 0 aliphatic rings. The van der Waals surface area contributed by atoms with E-state index in [0.29, 0.717) is 0 Å². The van der Waals surface area contributed by atoms with Crippen molar-refractivity contribution in [1.82, 2.24) is 9.97 Å². The van der Waals surface area contributed by atoms with Crippen LogP contribution < -0.4 is 15.5 Å². The SMILES string of the molecule is CCCNc1ncnc(Nc2ccc(N(C)C)cc2)c1Br. The van der Waals surface area contributed by atoms with Crippen molar-refractivity contribution < 1.29 is 0 Å². The van der Waals surface area contributed by atoms with Gasteiger partial charge in [0.2, 0.25) is 0 Å². The van der Waals surface area contributed by atoms with Gasteiger partial charge in [-0.05, 0) is 46.6 Å². The molecule has 0 atom stereocenters. The lowest BCUT2D eigenvalue weighted by Gasteiger charge is -2.14. The normalized spacial score (nSPS) is 10.3. The van der Waals surface area contributed by atoms with Crippen molar-refractivity contribution in [3.63, 3.8) is 0 Å². The lowest BCUT2D eigenvalue weighted by Crippen LogP contribution is -2.08. The number of hydrogen-bond donors (Lipinski definition) is 2. The van der Waals surface area contributed by atoms with Gasteiger partial charge in [0.05, 0.1) is 0 Å². The second-order valence-corrected chi connectivity index (χ2v) is 5.67. The van der Waals surface area contributed by atoms with Gasteiger partial charge in [0.15, 0.2) is 0 Å². The summed E-state index contributed by atoms with van der Waals surface area (Å²) in [7, 11) is 4.05. The molecule has 0 radical (unpaired) electrons. The van der Waals surface area contributed by atoms with E-state index in [1.807, 2.05) is 26.2 Å². The van der Waals surface area contributed by atoms with Crippen LogP contribution in [0.4, 0.5) is 23.0 Å². The van der Waals surface area contributed by atoms with Crippen LogP contribution in [-0.2, 0) is 0 Å². The topological polar surface area (TPSA) is 53.1 Å². The molecule has 1 heterocycles. The van der Waals surface area contributed by atoms with E-state index in [4.69, 9.17) is 0 Å². The Balaban J connectivity index is 2.15. The molecule has 2 N–H and O–H groups in total. The zero-order chi connectivity index (χ0) is 15.2. The molecule has 2 aromatic rings. The molecule has 1 aromatic carbocycles. The highest BCUT2D eigenvalue weighted by Gasteiger charge is 2.08. The second-order valence-electron chi connectivity index (χ2n) is 4.88. The molecule has 0 saturated heterocycles. The molecule has 1 aromatic heterocycles. The number of nitrogens with one attached hydrogen (secondary N) is 2. The van der Waals surface area contributed by atoms with E-state index >= 15 is 0 Å². The van der Waals surface area contributed by atoms with Gasteiger partial charge in [0, 0.05) is 32.0 Å². The number of nitrogens with zero attached hydrogens (tertiary/aromatic N) is 3. The molecule has 0 spiro atoms. The summed E-state index contributed by atoms with van der Waals surface area (Å²) in [5.41, 5.74) is 2.15. The van der Waals surface area contributed by atoms with Gasteiger partial charge in [-0.2, -0.15) is 0 Å². The lowest BCUT2D eigenvalue weighted by atomic mass is 10.2. The first kappa shape index (κ1) is 15.6. The van der Waals surface area contributed by atoms with Crippen LogP contribution in [-0.4, -0.2) is 30.6 Å². The van der Waals surface area contributed by atoms with Crippen molar-refractivity contribution in [3.05, 3.63) is 35.1 Å². The number of aromatic nitrogens is 2. The predicted octanol–water partition coefficient (Wildman–Crippen LogP) is 3.87. The molecular weight excluding hydrogens is 330 g/mol. The molecule has 0 bridgehead atoms. The Morgan fingerprint density at radius 1 is 1.10 bits per heavy atom. The Labute approximate surface area is 133 Å². The molecule has 5 nitrogen and oxygen atoms in total. The van der Waals surface area contributed by atoms with Crippen LogP contribution in [0.5, 0.6) is 0 Å². The standard InChI is InChI=1S/C15H20BrN5/c1-4-9-17-14-13(16)15(19-10-18-14)20-11-5-7-12(8-6-11)21(2)3/h5-8,10H,4,9H2,1-3H3,(H2,17,18,19,20). The molecule has 0 aliphatic carbocycles. The molecule has 6 heteroatoms. The van der Waals surface area contributed by atoms with Crippen molar-refractivity contribution in [2.24, 2.45) is 0 Å². The van der Waals surface area contributed by atoms with Crippen LogP contribution in [0, 0.1) is 0 Å². The molecule has 0 saturated carbocycles. The van der Waals surface area contributed by atoms with Gasteiger partial charge in [-0.3, -0.25) is 0 Å². The van der Waals surface area contributed by atoms with Gasteiger partial charge in [-0.1, -0.05) is 6.92 Å². The highest BCUT2D eigenvalue weighted by atomic mass is 79.9. The number of benzene rings is 1. The van der Waals surface area contributed by atoms with Crippen molar-refractivity contribution in [2.45, 2.75) is 13.3 Å². The third kappa shape index (κ3) is 4.07. The van der Waals surface area contributed by atoms with Crippen molar-refractivity contribution in [1.29, 1.82) is 0 Å². The number of halogens is 1. The minimum atomic E-state index is 0.751. The lowest BCUT2D eigenvalue weighted by molar-refractivity contribution is 0.962. The molecule has 0 aliphatic heterocycles. The van der Waals surface area contributed by atoms with Crippen LogP contribution >= 0.6 is 15.9 Å². The van der Waals surface area contributed by atoms with Gasteiger partial charge in [-0.15, -0.1) is 0 Å². The molecule has 0 unspecified atom stereocenters. The fraction of sp³-hybridized carbons (Fsp3) is 0.333. The summed E-state index contributed by atoms with van der Waals surface area (Å²) in [4.78, 5) is 10.6. The summed E-state index contributed by atoms with van der Waals surface area (Å²) in [5.74, 6) is 1.56. The molecule has 0 amide bonds. The van der Waals surface area contributed by atoms with Crippen LogP contribution in [0.2, 0.25) is 0 Å². The summed E-state index contributed by atoms with van der Waals surface area (Å²) in [6.45, 7) is 3.00. The fourth-order valence-electron chi connectivity index (χ4n) is 1.80. The van der Waals surface area contributed by atoms with Gasteiger partial charge in [0.25, 0.3) is 0 Å². The highest BCUT2D eigenvalue weighted by Crippen LogP contribution is 2.29. The fourth-order valence-corrected chi connectivity index (χ4v) is 2.25. The molecule has 0 fully saturated rings. The van der Waals surface area contributed by atoms with Gasteiger partial charge in [0.1, 0.15) is 22.4 Å². The Kier molecular flexibility index (Phi) is 5.38. The first-order valence-corrected chi connectivity index (χ1v) is 7.70. The smallest absolute Gasteiger partial charge is 0.150 e. The highest BCUT2D eigenvalue weighted by molar-refractivity contribution is 9.10. The van der Waals surface area contributed by atoms with Crippen molar-refractivity contribution >= 4 is 38.9 Å². The third-order valence-electron chi connectivity index (χ3n) is 2.98. The predicted molar refractivity (Wildman–Crippen MR) is 92.6 cm³/mol. The van der Waals surface area contributed by atoms with Gasteiger partial charge < -0.3 is 15.5 Å². The Bertz CT molecular complexity index is 583. The molecular formula is C15H20BrN5. The van der Waals surface area contributed by atoms with E-state index in [1.165, 1.54) is 0 Å². The molecule has 21 heavy (non-hydrogen) atoms. The second kappa shape index (κ2) is 7.26. The Hall–Kier alpha value is -1.82. The summed E-state index contributed by atoms with van der Waals surface area (Å²) < 4.78 is 0.843. The van der Waals surface area contributed by atoms with E-state index in [9.17, 15) is 0 Å². The number of rotatable bonds is 6.